The van der Waals surface area contributed by atoms with Crippen LogP contribution in [0.25, 0.3) is 21.7 Å². The molecular formula is C20H17ClN4O3S. The van der Waals surface area contributed by atoms with Crippen LogP contribution in [-0.2, 0) is 6.54 Å². The van der Waals surface area contributed by atoms with Crippen LogP contribution in [0.3, 0.4) is 0 Å². The van der Waals surface area contributed by atoms with E-state index in [2.05, 4.69) is 15.0 Å². The van der Waals surface area contributed by atoms with Crippen LogP contribution in [-0.4, -0.2) is 32.3 Å². The van der Waals surface area contributed by atoms with Crippen LogP contribution in [0, 0.1) is 0 Å². The van der Waals surface area contributed by atoms with Crippen molar-refractivity contribution in [1.82, 2.24) is 19.9 Å². The Balaban J connectivity index is 1.62. The van der Waals surface area contributed by atoms with Crippen LogP contribution < -0.4 is 5.56 Å². The molecule has 148 valence electrons. The smallest absolute Gasteiger partial charge is 0.273 e. The van der Waals surface area contributed by atoms with Crippen molar-refractivity contribution >= 4 is 39.7 Å². The predicted octanol–water partition coefficient (Wildman–Crippen LogP) is 4.35. The van der Waals surface area contributed by atoms with E-state index in [0.29, 0.717) is 44.8 Å². The molecule has 0 bridgehead atoms. The molecule has 1 N–H and O–H groups in total. The van der Waals surface area contributed by atoms with Gasteiger partial charge in [-0.3, -0.25) is 9.59 Å². The summed E-state index contributed by atoms with van der Waals surface area (Å²) in [4.78, 5) is 38.6. The van der Waals surface area contributed by atoms with Crippen molar-refractivity contribution in [2.45, 2.75) is 19.9 Å². The molecule has 0 aliphatic carbocycles. The third-order valence-corrected chi connectivity index (χ3v) is 5.39. The Morgan fingerprint density at radius 3 is 2.93 bits per heavy atom. The number of rotatable bonds is 6. The molecule has 0 spiro atoms. The van der Waals surface area contributed by atoms with Crippen molar-refractivity contribution < 1.29 is 9.21 Å². The number of H-pyrrole nitrogens is 1. The Labute approximate surface area is 175 Å². The molecule has 0 saturated heterocycles. The molecule has 29 heavy (non-hydrogen) atoms. The lowest BCUT2D eigenvalue weighted by Crippen LogP contribution is -2.33. The van der Waals surface area contributed by atoms with E-state index in [-0.39, 0.29) is 18.0 Å². The van der Waals surface area contributed by atoms with Crippen LogP contribution in [0.4, 0.5) is 0 Å². The van der Waals surface area contributed by atoms with E-state index in [0.717, 1.165) is 6.42 Å². The second-order valence-corrected chi connectivity index (χ2v) is 7.71. The summed E-state index contributed by atoms with van der Waals surface area (Å²) in [7, 11) is 0. The number of benzene rings is 1. The maximum Gasteiger partial charge on any atom is 0.273 e. The van der Waals surface area contributed by atoms with Crippen molar-refractivity contribution in [2.24, 2.45) is 0 Å². The third-order valence-electron chi connectivity index (χ3n) is 4.29. The van der Waals surface area contributed by atoms with E-state index in [1.54, 1.807) is 46.9 Å². The molecule has 0 aliphatic rings. The molecule has 0 radical (unpaired) electrons. The predicted molar refractivity (Wildman–Crippen MR) is 112 cm³/mol. The number of carbonyl (C=O) groups is 1. The highest BCUT2D eigenvalue weighted by Crippen LogP contribution is 2.25. The first-order valence-electron chi connectivity index (χ1n) is 9.02. The van der Waals surface area contributed by atoms with Crippen molar-refractivity contribution in [3.8, 4) is 10.8 Å². The van der Waals surface area contributed by atoms with E-state index >= 15 is 0 Å². The lowest BCUT2D eigenvalue weighted by molar-refractivity contribution is 0.0734. The van der Waals surface area contributed by atoms with Crippen LogP contribution in [0.1, 0.15) is 29.7 Å². The van der Waals surface area contributed by atoms with E-state index in [4.69, 9.17) is 16.0 Å². The maximum atomic E-state index is 13.0. The molecule has 3 aromatic heterocycles. The quantitative estimate of drug-likeness (QED) is 0.493. The van der Waals surface area contributed by atoms with Gasteiger partial charge in [0.05, 0.1) is 23.7 Å². The first-order chi connectivity index (χ1) is 14.0. The number of amides is 1. The maximum absolute atomic E-state index is 13.0. The van der Waals surface area contributed by atoms with Crippen molar-refractivity contribution in [3.05, 3.63) is 68.9 Å². The molecule has 0 aliphatic heterocycles. The minimum absolute atomic E-state index is 0.165. The Bertz CT molecular complexity index is 1220. The van der Waals surface area contributed by atoms with Gasteiger partial charge < -0.3 is 14.3 Å². The van der Waals surface area contributed by atoms with E-state index in [9.17, 15) is 9.59 Å². The van der Waals surface area contributed by atoms with Crippen LogP contribution >= 0.6 is 22.9 Å². The van der Waals surface area contributed by atoms with Crippen molar-refractivity contribution in [2.75, 3.05) is 6.54 Å². The summed E-state index contributed by atoms with van der Waals surface area (Å²) in [5.74, 6) is 0.788. The average Bonchev–Trinajstić information content (AvgIpc) is 3.38. The lowest BCUT2D eigenvalue weighted by Gasteiger charge is -2.20. The Kier molecular flexibility index (Phi) is 5.46. The summed E-state index contributed by atoms with van der Waals surface area (Å²) in [6, 6.07) is 8.49. The van der Waals surface area contributed by atoms with Gasteiger partial charge in [0.25, 0.3) is 11.5 Å². The third kappa shape index (κ3) is 4.08. The fourth-order valence-electron chi connectivity index (χ4n) is 2.99. The Morgan fingerprint density at radius 1 is 1.31 bits per heavy atom. The molecule has 0 saturated carbocycles. The number of aromatic amines is 1. The fraction of sp³-hybridized carbons (Fsp3) is 0.200. The van der Waals surface area contributed by atoms with Gasteiger partial charge in [-0.25, -0.2) is 9.97 Å². The summed E-state index contributed by atoms with van der Waals surface area (Å²) in [5.41, 5.74) is 0.564. The van der Waals surface area contributed by atoms with Gasteiger partial charge in [0.2, 0.25) is 0 Å². The first-order valence-corrected chi connectivity index (χ1v) is 10.3. The van der Waals surface area contributed by atoms with Gasteiger partial charge in [-0.1, -0.05) is 18.5 Å². The highest BCUT2D eigenvalue weighted by molar-refractivity contribution is 7.13. The number of thiazole rings is 1. The molecular weight excluding hydrogens is 412 g/mol. The van der Waals surface area contributed by atoms with E-state index in [1.807, 2.05) is 6.92 Å². The molecule has 1 aromatic carbocycles. The largest absolute Gasteiger partial charge is 0.462 e. The summed E-state index contributed by atoms with van der Waals surface area (Å²) in [6.07, 6.45) is 2.32. The topological polar surface area (TPSA) is 92.1 Å². The van der Waals surface area contributed by atoms with Gasteiger partial charge in [0, 0.05) is 16.9 Å². The van der Waals surface area contributed by atoms with E-state index < -0.39 is 0 Å². The summed E-state index contributed by atoms with van der Waals surface area (Å²) < 4.78 is 5.34. The Hall–Kier alpha value is -2.97. The van der Waals surface area contributed by atoms with Crippen molar-refractivity contribution in [1.29, 1.82) is 0 Å². The fourth-order valence-corrected chi connectivity index (χ4v) is 3.91. The molecule has 7 nitrogen and oxygen atoms in total. The highest BCUT2D eigenvalue weighted by atomic mass is 35.5. The van der Waals surface area contributed by atoms with Crippen LogP contribution in [0.5, 0.6) is 0 Å². The zero-order valence-corrected chi connectivity index (χ0v) is 17.1. The SMILES string of the molecule is CCCN(Cc1nc2cc(Cl)ccc2c(=O)[nH]1)C(=O)c1csc(-c2ccco2)n1. The standard InChI is InChI=1S/C20H17ClN4O3S/c1-2-7-25(20(27)15-11-29-19(23-15)16-4-3-8-28-16)10-17-22-14-9-12(21)5-6-13(14)18(26)24-17/h3-6,8-9,11H,2,7,10H2,1H3,(H,22,24,26). The normalized spacial score (nSPS) is 11.1. The molecule has 0 unspecified atom stereocenters. The number of hydrogen-bond acceptors (Lipinski definition) is 6. The minimum Gasteiger partial charge on any atom is -0.462 e. The monoisotopic (exact) mass is 428 g/mol. The summed E-state index contributed by atoms with van der Waals surface area (Å²) in [5, 5.41) is 3.30. The zero-order chi connectivity index (χ0) is 20.4. The first kappa shape index (κ1) is 19.4. The summed E-state index contributed by atoms with van der Waals surface area (Å²) in [6.45, 7) is 2.65. The molecule has 1 amide bonds. The highest BCUT2D eigenvalue weighted by Gasteiger charge is 2.21. The number of furan rings is 1. The molecule has 4 aromatic rings. The van der Waals surface area contributed by atoms with Gasteiger partial charge >= 0.3 is 0 Å². The number of halogens is 1. The second-order valence-electron chi connectivity index (χ2n) is 6.42. The average molecular weight is 429 g/mol. The number of carbonyl (C=O) groups excluding carboxylic acids is 1. The van der Waals surface area contributed by atoms with Gasteiger partial charge in [-0.15, -0.1) is 11.3 Å². The van der Waals surface area contributed by atoms with Gasteiger partial charge in [0.1, 0.15) is 11.5 Å². The zero-order valence-electron chi connectivity index (χ0n) is 15.5. The van der Waals surface area contributed by atoms with E-state index in [1.165, 1.54) is 11.3 Å². The van der Waals surface area contributed by atoms with Gasteiger partial charge in [0.15, 0.2) is 10.8 Å². The number of nitrogens with one attached hydrogen (secondary N) is 1. The van der Waals surface area contributed by atoms with Crippen LogP contribution in [0.15, 0.2) is 51.2 Å². The number of fused-ring (bicyclic) bond motifs is 1. The minimum atomic E-state index is -0.265. The number of hydrogen-bond donors (Lipinski definition) is 1. The van der Waals surface area contributed by atoms with Crippen molar-refractivity contribution in [3.63, 3.8) is 0 Å². The number of nitrogens with zero attached hydrogens (tertiary/aromatic N) is 3. The molecule has 4 rings (SSSR count). The molecule has 0 atom stereocenters. The number of aromatic nitrogens is 3. The van der Waals surface area contributed by atoms with Gasteiger partial charge in [-0.2, -0.15) is 0 Å². The lowest BCUT2D eigenvalue weighted by atomic mass is 10.2. The van der Waals surface area contributed by atoms with Crippen LogP contribution in [0.2, 0.25) is 5.02 Å². The molecule has 0 fully saturated rings. The molecule has 3 heterocycles. The Morgan fingerprint density at radius 2 is 2.17 bits per heavy atom. The molecule has 9 heteroatoms. The second kappa shape index (κ2) is 8.18. The van der Waals surface area contributed by atoms with Gasteiger partial charge in [-0.05, 0) is 36.8 Å². The summed E-state index contributed by atoms with van der Waals surface area (Å²) >= 11 is 7.37.